The summed E-state index contributed by atoms with van der Waals surface area (Å²) >= 11 is 0. The molecule has 0 saturated heterocycles. The number of alkyl carbamates (subject to hydrolysis) is 1. The highest BCUT2D eigenvalue weighted by molar-refractivity contribution is 5.81. The maximum Gasteiger partial charge on any atom is 0.408 e. The van der Waals surface area contributed by atoms with Crippen LogP contribution in [0.1, 0.15) is 24.1 Å². The van der Waals surface area contributed by atoms with Crippen molar-refractivity contribution < 1.29 is 24.2 Å². The summed E-state index contributed by atoms with van der Waals surface area (Å²) in [5.74, 6) is -0.534. The zero-order chi connectivity index (χ0) is 17.4. The number of aliphatic carboxylic acids is 1. The average molecular weight is 329 g/mol. The third kappa shape index (κ3) is 5.01. The second-order valence-corrected chi connectivity index (χ2v) is 4.98. The van der Waals surface area contributed by atoms with Gasteiger partial charge in [0.15, 0.2) is 6.04 Å². The molecule has 126 valence electrons. The summed E-state index contributed by atoms with van der Waals surface area (Å²) in [5, 5.41) is 11.7. The normalized spacial score (nSPS) is 11.4. The molecule has 0 aromatic heterocycles. The van der Waals surface area contributed by atoms with Gasteiger partial charge in [0, 0.05) is 0 Å². The molecule has 2 N–H and O–H groups in total. The highest BCUT2D eigenvalue weighted by atomic mass is 16.5. The molecule has 0 fully saturated rings. The lowest BCUT2D eigenvalue weighted by Gasteiger charge is -2.15. The lowest BCUT2D eigenvalue weighted by molar-refractivity contribution is -0.139. The van der Waals surface area contributed by atoms with Crippen LogP contribution >= 0.6 is 0 Å². The minimum absolute atomic E-state index is 0.0717. The van der Waals surface area contributed by atoms with Gasteiger partial charge in [0.05, 0.1) is 6.61 Å². The van der Waals surface area contributed by atoms with E-state index in [4.69, 9.17) is 9.47 Å². The number of rotatable bonds is 7. The largest absolute Gasteiger partial charge is 0.494 e. The van der Waals surface area contributed by atoms with Crippen molar-refractivity contribution in [1.82, 2.24) is 5.32 Å². The molecule has 1 amide bonds. The van der Waals surface area contributed by atoms with E-state index in [0.29, 0.717) is 17.9 Å². The molecule has 1 atom stereocenters. The number of carboxylic acids is 1. The van der Waals surface area contributed by atoms with E-state index in [9.17, 15) is 14.7 Å². The third-order valence-electron chi connectivity index (χ3n) is 3.25. The molecule has 0 heterocycles. The molecule has 2 aromatic carbocycles. The van der Waals surface area contributed by atoms with E-state index in [1.165, 1.54) is 0 Å². The quantitative estimate of drug-likeness (QED) is 0.815. The zero-order valence-electron chi connectivity index (χ0n) is 13.3. The van der Waals surface area contributed by atoms with Crippen LogP contribution in [0.25, 0.3) is 0 Å². The summed E-state index contributed by atoms with van der Waals surface area (Å²) < 4.78 is 10.4. The maximum atomic E-state index is 11.9. The van der Waals surface area contributed by atoms with Gasteiger partial charge in [-0.3, -0.25) is 0 Å². The Kier molecular flexibility index (Phi) is 6.19. The average Bonchev–Trinajstić information content (AvgIpc) is 2.60. The molecule has 0 aliphatic rings. The third-order valence-corrected chi connectivity index (χ3v) is 3.25. The topological polar surface area (TPSA) is 84.9 Å². The monoisotopic (exact) mass is 329 g/mol. The number of hydrogen-bond acceptors (Lipinski definition) is 4. The summed E-state index contributed by atoms with van der Waals surface area (Å²) in [6, 6.07) is 14.5. The molecule has 2 aromatic rings. The molecule has 6 heteroatoms. The van der Waals surface area contributed by atoms with E-state index in [2.05, 4.69) is 5.32 Å². The first-order chi connectivity index (χ1) is 11.6. The summed E-state index contributed by atoms with van der Waals surface area (Å²) in [4.78, 5) is 23.3. The highest BCUT2D eigenvalue weighted by Gasteiger charge is 2.22. The Bertz CT molecular complexity index is 670. The first-order valence-corrected chi connectivity index (χ1v) is 7.53. The van der Waals surface area contributed by atoms with Gasteiger partial charge in [0.2, 0.25) is 0 Å². The molecule has 0 radical (unpaired) electrons. The van der Waals surface area contributed by atoms with Crippen molar-refractivity contribution in [2.45, 2.75) is 19.6 Å². The van der Waals surface area contributed by atoms with Crippen molar-refractivity contribution in [2.24, 2.45) is 0 Å². The van der Waals surface area contributed by atoms with E-state index in [1.54, 1.807) is 24.3 Å². The fourth-order valence-electron chi connectivity index (χ4n) is 2.09. The Morgan fingerprint density at radius 3 is 2.33 bits per heavy atom. The second-order valence-electron chi connectivity index (χ2n) is 4.98. The molecule has 0 aliphatic carbocycles. The number of carboxylic acid groups (broad SMARTS) is 1. The van der Waals surface area contributed by atoms with E-state index >= 15 is 0 Å². The van der Waals surface area contributed by atoms with Crippen LogP contribution in [0, 0.1) is 0 Å². The molecule has 0 spiro atoms. The molecular formula is C18H19NO5. The SMILES string of the molecule is CCOc1ccc(C(NC(=O)OCc2ccccc2)C(=O)O)cc1. The first kappa shape index (κ1) is 17.3. The van der Waals surface area contributed by atoms with Gasteiger partial charge >= 0.3 is 12.1 Å². The predicted octanol–water partition coefficient (Wildman–Crippen LogP) is 3.14. The molecule has 0 aliphatic heterocycles. The minimum atomic E-state index is -1.19. The van der Waals surface area contributed by atoms with Gasteiger partial charge in [-0.1, -0.05) is 42.5 Å². The first-order valence-electron chi connectivity index (χ1n) is 7.53. The molecule has 0 saturated carbocycles. The van der Waals surface area contributed by atoms with Crippen LogP contribution in [0.3, 0.4) is 0 Å². The minimum Gasteiger partial charge on any atom is -0.494 e. The van der Waals surface area contributed by atoms with Gasteiger partial charge in [-0.25, -0.2) is 9.59 Å². The van der Waals surface area contributed by atoms with Crippen molar-refractivity contribution in [3.05, 3.63) is 65.7 Å². The maximum absolute atomic E-state index is 11.9. The van der Waals surface area contributed by atoms with Crippen LogP contribution in [-0.2, 0) is 16.1 Å². The van der Waals surface area contributed by atoms with Crippen molar-refractivity contribution in [3.63, 3.8) is 0 Å². The second kappa shape index (κ2) is 8.57. The van der Waals surface area contributed by atoms with Crippen molar-refractivity contribution in [2.75, 3.05) is 6.61 Å². The lowest BCUT2D eigenvalue weighted by Crippen LogP contribution is -2.34. The number of benzene rings is 2. The van der Waals surface area contributed by atoms with Crippen molar-refractivity contribution >= 4 is 12.1 Å². The number of amides is 1. The fraction of sp³-hybridized carbons (Fsp3) is 0.222. The van der Waals surface area contributed by atoms with Gasteiger partial charge in [-0.15, -0.1) is 0 Å². The van der Waals surface area contributed by atoms with E-state index in [0.717, 1.165) is 5.56 Å². The number of nitrogens with one attached hydrogen (secondary N) is 1. The zero-order valence-corrected chi connectivity index (χ0v) is 13.3. The van der Waals surface area contributed by atoms with Gasteiger partial charge in [0.1, 0.15) is 12.4 Å². The van der Waals surface area contributed by atoms with Gasteiger partial charge in [0.25, 0.3) is 0 Å². The lowest BCUT2D eigenvalue weighted by atomic mass is 10.1. The van der Waals surface area contributed by atoms with E-state index in [-0.39, 0.29) is 6.61 Å². The molecule has 1 unspecified atom stereocenters. The molecule has 6 nitrogen and oxygen atoms in total. The Morgan fingerprint density at radius 2 is 1.75 bits per heavy atom. The Hall–Kier alpha value is -3.02. The van der Waals surface area contributed by atoms with Gasteiger partial charge in [-0.05, 0) is 30.2 Å². The summed E-state index contributed by atoms with van der Waals surface area (Å²) in [7, 11) is 0. The fourth-order valence-corrected chi connectivity index (χ4v) is 2.09. The molecule has 2 rings (SSSR count). The Labute approximate surface area is 140 Å². The standard InChI is InChI=1S/C18H19NO5/c1-2-23-15-10-8-14(9-11-15)16(17(20)21)19-18(22)24-12-13-6-4-3-5-7-13/h3-11,16H,2,12H2,1H3,(H,19,22)(H,20,21). The highest BCUT2D eigenvalue weighted by Crippen LogP contribution is 2.18. The molecule has 0 bridgehead atoms. The number of carbonyl (C=O) groups excluding carboxylic acids is 1. The van der Waals surface area contributed by atoms with Crippen LogP contribution in [-0.4, -0.2) is 23.8 Å². The van der Waals surface area contributed by atoms with Crippen LogP contribution in [0.4, 0.5) is 4.79 Å². The van der Waals surface area contributed by atoms with Gasteiger partial charge < -0.3 is 19.9 Å². The molecule has 24 heavy (non-hydrogen) atoms. The Morgan fingerprint density at radius 1 is 1.08 bits per heavy atom. The van der Waals surface area contributed by atoms with Crippen LogP contribution < -0.4 is 10.1 Å². The summed E-state index contributed by atoms with van der Waals surface area (Å²) in [5.41, 5.74) is 1.25. The van der Waals surface area contributed by atoms with E-state index in [1.807, 2.05) is 37.3 Å². The van der Waals surface area contributed by atoms with Crippen LogP contribution in [0.5, 0.6) is 5.75 Å². The smallest absolute Gasteiger partial charge is 0.408 e. The number of carbonyl (C=O) groups is 2. The van der Waals surface area contributed by atoms with Crippen molar-refractivity contribution in [3.8, 4) is 5.75 Å². The van der Waals surface area contributed by atoms with E-state index < -0.39 is 18.1 Å². The van der Waals surface area contributed by atoms with Crippen LogP contribution in [0.15, 0.2) is 54.6 Å². The van der Waals surface area contributed by atoms with Crippen molar-refractivity contribution in [1.29, 1.82) is 0 Å². The summed E-state index contributed by atoms with van der Waals surface area (Å²) in [6.07, 6.45) is -0.792. The predicted molar refractivity (Wildman–Crippen MR) is 87.8 cm³/mol. The molecular weight excluding hydrogens is 310 g/mol. The van der Waals surface area contributed by atoms with Crippen LogP contribution in [0.2, 0.25) is 0 Å². The Balaban J connectivity index is 1.97. The number of ether oxygens (including phenoxy) is 2. The van der Waals surface area contributed by atoms with Gasteiger partial charge in [-0.2, -0.15) is 0 Å². The number of hydrogen-bond donors (Lipinski definition) is 2. The summed E-state index contributed by atoms with van der Waals surface area (Å²) in [6.45, 7) is 2.45.